The van der Waals surface area contributed by atoms with E-state index in [1.165, 1.54) is 0 Å². The first kappa shape index (κ1) is 31.7. The molecule has 2 aromatic rings. The summed E-state index contributed by atoms with van der Waals surface area (Å²) in [7, 11) is 0. The third-order valence-electron chi connectivity index (χ3n) is 9.55. The summed E-state index contributed by atoms with van der Waals surface area (Å²) in [5, 5.41) is 2.53. The molecule has 1 N–H and O–H groups in total. The molecule has 0 aliphatic carbocycles. The molecule has 4 heterocycles. The number of fused-ring (bicyclic) bond motifs is 1. The molecule has 0 radical (unpaired) electrons. The van der Waals surface area contributed by atoms with E-state index in [-0.39, 0.29) is 41.1 Å². The van der Waals surface area contributed by atoms with Crippen LogP contribution in [0.15, 0.2) is 48.5 Å². The van der Waals surface area contributed by atoms with Gasteiger partial charge in [0.1, 0.15) is 5.37 Å². The summed E-state index contributed by atoms with van der Waals surface area (Å²) in [5.74, 6) is 0.0972. The van der Waals surface area contributed by atoms with Crippen molar-refractivity contribution in [1.29, 1.82) is 0 Å². The van der Waals surface area contributed by atoms with Crippen LogP contribution < -0.4 is 10.2 Å². The largest absolute Gasteiger partial charge is 0.378 e. The topological polar surface area (TPSA) is 85.4 Å². The van der Waals surface area contributed by atoms with Gasteiger partial charge in [0.15, 0.2) is 0 Å². The van der Waals surface area contributed by atoms with Crippen LogP contribution in [0.3, 0.4) is 0 Å². The van der Waals surface area contributed by atoms with E-state index < -0.39 is 5.25 Å². The van der Waals surface area contributed by atoms with E-state index in [9.17, 15) is 14.4 Å². The normalized spacial score (nSPS) is 23.2. The van der Waals surface area contributed by atoms with Crippen LogP contribution >= 0.6 is 11.8 Å². The molecule has 4 amide bonds. The van der Waals surface area contributed by atoms with Crippen molar-refractivity contribution in [3.05, 3.63) is 59.7 Å². The molecule has 45 heavy (non-hydrogen) atoms. The number of anilines is 2. The molecule has 10 heteroatoms. The van der Waals surface area contributed by atoms with Crippen LogP contribution in [-0.4, -0.2) is 96.3 Å². The minimum absolute atomic E-state index is 0.0323. The van der Waals surface area contributed by atoms with Gasteiger partial charge < -0.3 is 29.7 Å². The molecule has 2 aromatic carbocycles. The number of ether oxygens (including phenoxy) is 1. The molecule has 3 saturated heterocycles. The highest BCUT2D eigenvalue weighted by Gasteiger charge is 2.44. The molecule has 9 nitrogen and oxygen atoms in total. The number of carbonyl (C=O) groups excluding carboxylic acids is 3. The number of amides is 4. The fraction of sp³-hybridized carbons (Fsp3) is 0.571. The number of nitrogens with one attached hydrogen (secondary N) is 1. The van der Waals surface area contributed by atoms with Gasteiger partial charge in [0, 0.05) is 68.7 Å². The van der Waals surface area contributed by atoms with E-state index in [0.29, 0.717) is 39.4 Å². The highest BCUT2D eigenvalue weighted by molar-refractivity contribution is 8.01. The zero-order valence-electron chi connectivity index (χ0n) is 26.9. The summed E-state index contributed by atoms with van der Waals surface area (Å²) in [6.07, 6.45) is 3.40. The predicted molar refractivity (Wildman–Crippen MR) is 179 cm³/mol. The second-order valence-corrected chi connectivity index (χ2v) is 15.1. The fourth-order valence-electron chi connectivity index (χ4n) is 6.89. The summed E-state index contributed by atoms with van der Waals surface area (Å²) < 4.78 is 5.61. The quantitative estimate of drug-likeness (QED) is 0.441. The predicted octanol–water partition coefficient (Wildman–Crippen LogP) is 5.37. The van der Waals surface area contributed by atoms with E-state index in [1.807, 2.05) is 32.9 Å². The molecular weight excluding hydrogens is 586 g/mol. The second kappa shape index (κ2) is 13.6. The van der Waals surface area contributed by atoms with Gasteiger partial charge in [-0.05, 0) is 48.8 Å². The number of para-hydroxylation sites is 2. The zero-order valence-corrected chi connectivity index (χ0v) is 27.7. The standard InChI is InChI=1S/C35H47N5O4S/c1-35(2,3)15-19-40-32(42)30(45-33(40)27-9-5-7-11-29(27)37-20-22-44-23-21-37)24-31(41)38-16-13-26(14-17-38)39-18-12-25-8-4-6-10-28(25)36-34(39)43/h4-11,26,30,33H,12-24H2,1-3H3,(H,36,43). The van der Waals surface area contributed by atoms with E-state index in [4.69, 9.17) is 4.74 Å². The van der Waals surface area contributed by atoms with Crippen LogP contribution in [0.2, 0.25) is 0 Å². The second-order valence-electron chi connectivity index (χ2n) is 13.8. The van der Waals surface area contributed by atoms with Gasteiger partial charge in [-0.25, -0.2) is 4.79 Å². The van der Waals surface area contributed by atoms with Crippen molar-refractivity contribution in [1.82, 2.24) is 14.7 Å². The average molecular weight is 634 g/mol. The first-order valence-electron chi connectivity index (χ1n) is 16.5. The Morgan fingerprint density at radius 1 is 0.956 bits per heavy atom. The maximum Gasteiger partial charge on any atom is 0.322 e. The van der Waals surface area contributed by atoms with Crippen LogP contribution in [0.25, 0.3) is 0 Å². The lowest BCUT2D eigenvalue weighted by Crippen LogP contribution is -2.50. The first-order chi connectivity index (χ1) is 21.7. The van der Waals surface area contributed by atoms with Gasteiger partial charge in [-0.2, -0.15) is 0 Å². The van der Waals surface area contributed by atoms with E-state index in [2.05, 4.69) is 61.3 Å². The van der Waals surface area contributed by atoms with E-state index >= 15 is 0 Å². The smallest absolute Gasteiger partial charge is 0.322 e. The molecule has 6 rings (SSSR count). The summed E-state index contributed by atoms with van der Waals surface area (Å²) in [6.45, 7) is 12.2. The van der Waals surface area contributed by atoms with Crippen molar-refractivity contribution < 1.29 is 19.1 Å². The molecular formula is C35H47N5O4S. The molecule has 4 aliphatic heterocycles. The van der Waals surface area contributed by atoms with Crippen molar-refractivity contribution in [2.24, 2.45) is 5.41 Å². The Labute approximate surface area is 271 Å². The van der Waals surface area contributed by atoms with Crippen LogP contribution in [0, 0.1) is 5.41 Å². The van der Waals surface area contributed by atoms with E-state index in [1.54, 1.807) is 11.8 Å². The Morgan fingerprint density at radius 2 is 1.67 bits per heavy atom. The summed E-state index contributed by atoms with van der Waals surface area (Å²) in [5.41, 5.74) is 4.42. The van der Waals surface area contributed by atoms with Crippen LogP contribution in [0.4, 0.5) is 16.2 Å². The van der Waals surface area contributed by atoms with Crippen LogP contribution in [0.5, 0.6) is 0 Å². The molecule has 4 aliphatic rings. The Hall–Kier alpha value is -3.24. The number of hydrogen-bond donors (Lipinski definition) is 1. The number of morpholine rings is 1. The number of hydrogen-bond acceptors (Lipinski definition) is 6. The molecule has 0 saturated carbocycles. The number of carbonyl (C=O) groups is 3. The lowest BCUT2D eigenvalue weighted by Gasteiger charge is -2.38. The summed E-state index contributed by atoms with van der Waals surface area (Å²) in [4.78, 5) is 48.9. The lowest BCUT2D eigenvalue weighted by atomic mass is 9.92. The molecule has 0 bridgehead atoms. The SMILES string of the molecule is CC(C)(C)CCN1C(=O)C(CC(=O)N2CCC(N3CCc4ccccc4NC3=O)CC2)SC1c1ccccc1N1CCOCC1. The molecule has 2 atom stereocenters. The summed E-state index contributed by atoms with van der Waals surface area (Å²) in [6, 6.07) is 16.4. The number of rotatable bonds is 7. The Bertz CT molecular complexity index is 1380. The maximum atomic E-state index is 14.0. The Morgan fingerprint density at radius 3 is 2.42 bits per heavy atom. The molecule has 0 spiro atoms. The van der Waals surface area contributed by atoms with Gasteiger partial charge >= 0.3 is 6.03 Å². The van der Waals surface area contributed by atoms with Crippen LogP contribution in [0.1, 0.15) is 63.0 Å². The number of benzene rings is 2. The first-order valence-corrected chi connectivity index (χ1v) is 17.4. The fourth-order valence-corrected chi connectivity index (χ4v) is 8.39. The summed E-state index contributed by atoms with van der Waals surface area (Å²) >= 11 is 1.63. The number of thioether (sulfide) groups is 1. The van der Waals surface area contributed by atoms with Gasteiger partial charge in [-0.15, -0.1) is 11.8 Å². The van der Waals surface area contributed by atoms with Gasteiger partial charge in [0.25, 0.3) is 0 Å². The van der Waals surface area contributed by atoms with Gasteiger partial charge in [-0.3, -0.25) is 9.59 Å². The molecule has 0 aromatic heterocycles. The molecule has 242 valence electrons. The number of urea groups is 1. The Balaban J connectivity index is 1.11. The molecule has 2 unspecified atom stereocenters. The third kappa shape index (κ3) is 7.27. The average Bonchev–Trinajstić information content (AvgIpc) is 3.24. The number of piperidine rings is 1. The Kier molecular flexibility index (Phi) is 9.61. The third-order valence-corrected chi connectivity index (χ3v) is 11.0. The van der Waals surface area contributed by atoms with Crippen molar-refractivity contribution in [3.63, 3.8) is 0 Å². The number of nitrogens with zero attached hydrogens (tertiary/aromatic N) is 4. The molecule has 3 fully saturated rings. The zero-order chi connectivity index (χ0) is 31.6. The highest BCUT2D eigenvalue weighted by atomic mass is 32.2. The van der Waals surface area contributed by atoms with Crippen molar-refractivity contribution in [2.75, 3.05) is 62.7 Å². The van der Waals surface area contributed by atoms with Crippen molar-refractivity contribution in [3.8, 4) is 0 Å². The lowest BCUT2D eigenvalue weighted by molar-refractivity contribution is -0.137. The van der Waals surface area contributed by atoms with Gasteiger partial charge in [0.05, 0.1) is 18.5 Å². The van der Waals surface area contributed by atoms with Crippen molar-refractivity contribution in [2.45, 2.75) is 69.5 Å². The van der Waals surface area contributed by atoms with Crippen LogP contribution in [-0.2, 0) is 20.7 Å². The number of likely N-dealkylation sites (tertiary alicyclic amines) is 1. The highest BCUT2D eigenvalue weighted by Crippen LogP contribution is 2.48. The maximum absolute atomic E-state index is 14.0. The van der Waals surface area contributed by atoms with E-state index in [0.717, 1.165) is 61.3 Å². The minimum Gasteiger partial charge on any atom is -0.378 e. The van der Waals surface area contributed by atoms with Gasteiger partial charge in [0.2, 0.25) is 11.8 Å². The van der Waals surface area contributed by atoms with Crippen molar-refractivity contribution >= 4 is 41.0 Å². The minimum atomic E-state index is -0.409. The monoisotopic (exact) mass is 633 g/mol. The van der Waals surface area contributed by atoms with Gasteiger partial charge in [-0.1, -0.05) is 57.2 Å².